The fourth-order valence-electron chi connectivity index (χ4n) is 3.04. The van der Waals surface area contributed by atoms with Crippen LogP contribution in [0, 0.1) is 0 Å². The Balaban J connectivity index is 1.85. The molecule has 1 aliphatic heterocycles. The van der Waals surface area contributed by atoms with E-state index in [1.807, 2.05) is 41.3 Å². The van der Waals surface area contributed by atoms with E-state index in [1.54, 1.807) is 0 Å². The predicted octanol–water partition coefficient (Wildman–Crippen LogP) is 4.79. The summed E-state index contributed by atoms with van der Waals surface area (Å²) < 4.78 is 0. The Morgan fingerprint density at radius 2 is 1.82 bits per heavy atom. The number of para-hydroxylation sites is 2. The summed E-state index contributed by atoms with van der Waals surface area (Å²) in [6.45, 7) is 5.05. The second kappa shape index (κ2) is 6.22. The molecule has 0 saturated carbocycles. The van der Waals surface area contributed by atoms with E-state index < -0.39 is 0 Å². The zero-order chi connectivity index (χ0) is 15.5. The SMILES string of the molecule is CC(C)c1ccccc1NC(=O)N1CCCc2ccccc21. The Hall–Kier alpha value is -2.29. The van der Waals surface area contributed by atoms with E-state index in [9.17, 15) is 4.79 Å². The van der Waals surface area contributed by atoms with Crippen molar-refractivity contribution in [3.8, 4) is 0 Å². The second-order valence-corrected chi connectivity index (χ2v) is 6.06. The maximum absolute atomic E-state index is 12.7. The van der Waals surface area contributed by atoms with Crippen molar-refractivity contribution in [3.63, 3.8) is 0 Å². The van der Waals surface area contributed by atoms with E-state index >= 15 is 0 Å². The number of fused-ring (bicyclic) bond motifs is 1. The molecule has 0 aromatic heterocycles. The molecule has 3 nitrogen and oxygen atoms in total. The number of urea groups is 1. The molecule has 0 radical (unpaired) electrons. The zero-order valence-corrected chi connectivity index (χ0v) is 13.2. The Bertz CT molecular complexity index is 679. The molecule has 0 fully saturated rings. The summed E-state index contributed by atoms with van der Waals surface area (Å²) >= 11 is 0. The number of rotatable bonds is 2. The van der Waals surface area contributed by atoms with E-state index in [1.165, 1.54) is 11.1 Å². The van der Waals surface area contributed by atoms with Crippen LogP contribution in [0.4, 0.5) is 16.2 Å². The lowest BCUT2D eigenvalue weighted by atomic mass is 10.0. The summed E-state index contributed by atoms with van der Waals surface area (Å²) in [5.74, 6) is 0.380. The summed E-state index contributed by atoms with van der Waals surface area (Å²) in [5.41, 5.74) is 4.36. The van der Waals surface area contributed by atoms with Gasteiger partial charge in [-0.1, -0.05) is 50.2 Å². The first kappa shape index (κ1) is 14.6. The first-order valence-electron chi connectivity index (χ1n) is 7.92. The molecular weight excluding hydrogens is 272 g/mol. The van der Waals surface area contributed by atoms with Crippen molar-refractivity contribution in [2.45, 2.75) is 32.6 Å². The van der Waals surface area contributed by atoms with Gasteiger partial charge in [-0.05, 0) is 42.0 Å². The van der Waals surface area contributed by atoms with Gasteiger partial charge in [-0.15, -0.1) is 0 Å². The van der Waals surface area contributed by atoms with E-state index in [4.69, 9.17) is 0 Å². The topological polar surface area (TPSA) is 32.3 Å². The number of carbonyl (C=O) groups excluding carboxylic acids is 1. The highest BCUT2D eigenvalue weighted by atomic mass is 16.2. The van der Waals surface area contributed by atoms with Crippen LogP contribution in [0.15, 0.2) is 48.5 Å². The van der Waals surface area contributed by atoms with Crippen LogP contribution < -0.4 is 10.2 Å². The number of hydrogen-bond acceptors (Lipinski definition) is 1. The molecule has 1 heterocycles. The number of nitrogens with one attached hydrogen (secondary N) is 1. The monoisotopic (exact) mass is 294 g/mol. The minimum Gasteiger partial charge on any atom is -0.307 e. The first-order valence-corrected chi connectivity index (χ1v) is 7.92. The predicted molar refractivity (Wildman–Crippen MR) is 91.7 cm³/mol. The lowest BCUT2D eigenvalue weighted by molar-refractivity contribution is 0.256. The first-order chi connectivity index (χ1) is 10.7. The van der Waals surface area contributed by atoms with Crippen LogP contribution in [0.5, 0.6) is 0 Å². The highest BCUT2D eigenvalue weighted by Gasteiger charge is 2.22. The standard InChI is InChI=1S/C19H22N2O/c1-14(2)16-10-4-5-11-17(16)20-19(22)21-13-7-9-15-8-3-6-12-18(15)21/h3-6,8,10-12,14H,7,9,13H2,1-2H3,(H,20,22). The molecule has 0 aliphatic carbocycles. The van der Waals surface area contributed by atoms with Crippen molar-refractivity contribution in [1.82, 2.24) is 0 Å². The largest absolute Gasteiger partial charge is 0.326 e. The third-order valence-electron chi connectivity index (χ3n) is 4.18. The molecule has 114 valence electrons. The molecule has 1 aliphatic rings. The molecule has 2 amide bonds. The van der Waals surface area contributed by atoms with Gasteiger partial charge in [0.1, 0.15) is 0 Å². The van der Waals surface area contributed by atoms with Crippen LogP contribution >= 0.6 is 0 Å². The Morgan fingerprint density at radius 1 is 1.09 bits per heavy atom. The number of aryl methyl sites for hydroxylation is 1. The fourth-order valence-corrected chi connectivity index (χ4v) is 3.04. The minimum atomic E-state index is -0.0414. The highest BCUT2D eigenvalue weighted by molar-refractivity contribution is 6.02. The second-order valence-electron chi connectivity index (χ2n) is 6.06. The zero-order valence-electron chi connectivity index (χ0n) is 13.2. The van der Waals surface area contributed by atoms with Gasteiger partial charge in [-0.3, -0.25) is 4.90 Å². The van der Waals surface area contributed by atoms with Crippen LogP contribution in [-0.4, -0.2) is 12.6 Å². The molecule has 0 spiro atoms. The normalized spacial score (nSPS) is 13.9. The van der Waals surface area contributed by atoms with Gasteiger partial charge in [-0.25, -0.2) is 4.79 Å². The van der Waals surface area contributed by atoms with E-state index in [0.717, 1.165) is 30.8 Å². The maximum Gasteiger partial charge on any atom is 0.326 e. The van der Waals surface area contributed by atoms with Crippen molar-refractivity contribution in [1.29, 1.82) is 0 Å². The summed E-state index contributed by atoms with van der Waals surface area (Å²) in [6, 6.07) is 16.2. The van der Waals surface area contributed by atoms with Crippen molar-refractivity contribution >= 4 is 17.4 Å². The third kappa shape index (κ3) is 2.84. The molecular formula is C19H22N2O. The summed E-state index contributed by atoms with van der Waals surface area (Å²) in [6.07, 6.45) is 2.05. The van der Waals surface area contributed by atoms with Gasteiger partial charge in [0.05, 0.1) is 0 Å². The smallest absolute Gasteiger partial charge is 0.307 e. The van der Waals surface area contributed by atoms with Crippen LogP contribution in [0.25, 0.3) is 0 Å². The van der Waals surface area contributed by atoms with Crippen molar-refractivity contribution in [2.24, 2.45) is 0 Å². The average Bonchev–Trinajstić information content (AvgIpc) is 2.54. The summed E-state index contributed by atoms with van der Waals surface area (Å²) in [5, 5.41) is 3.09. The quantitative estimate of drug-likeness (QED) is 0.848. The highest BCUT2D eigenvalue weighted by Crippen LogP contribution is 2.29. The van der Waals surface area contributed by atoms with Gasteiger partial charge >= 0.3 is 6.03 Å². The van der Waals surface area contributed by atoms with Crippen LogP contribution in [0.1, 0.15) is 37.3 Å². The van der Waals surface area contributed by atoms with Crippen LogP contribution in [-0.2, 0) is 6.42 Å². The van der Waals surface area contributed by atoms with Crippen LogP contribution in [0.2, 0.25) is 0 Å². The molecule has 3 heteroatoms. The Labute approximate surface area is 132 Å². The van der Waals surface area contributed by atoms with E-state index in [-0.39, 0.29) is 6.03 Å². The molecule has 0 unspecified atom stereocenters. The van der Waals surface area contributed by atoms with E-state index in [0.29, 0.717) is 5.92 Å². The lowest BCUT2D eigenvalue weighted by Crippen LogP contribution is -2.38. The molecule has 2 aromatic rings. The van der Waals surface area contributed by atoms with Gasteiger partial charge in [-0.2, -0.15) is 0 Å². The number of hydrogen-bond donors (Lipinski definition) is 1. The number of benzene rings is 2. The van der Waals surface area contributed by atoms with Gasteiger partial charge in [0, 0.05) is 17.9 Å². The molecule has 1 N–H and O–H groups in total. The Morgan fingerprint density at radius 3 is 2.64 bits per heavy atom. The number of carbonyl (C=O) groups is 1. The fraction of sp³-hybridized carbons (Fsp3) is 0.316. The van der Waals surface area contributed by atoms with Gasteiger partial charge in [0.2, 0.25) is 0 Å². The molecule has 2 aromatic carbocycles. The van der Waals surface area contributed by atoms with Crippen LogP contribution in [0.3, 0.4) is 0 Å². The maximum atomic E-state index is 12.7. The lowest BCUT2D eigenvalue weighted by Gasteiger charge is -2.30. The molecule has 3 rings (SSSR count). The summed E-state index contributed by atoms with van der Waals surface area (Å²) in [4.78, 5) is 14.6. The van der Waals surface area contributed by atoms with Gasteiger partial charge in [0.25, 0.3) is 0 Å². The van der Waals surface area contributed by atoms with Gasteiger partial charge < -0.3 is 5.32 Å². The third-order valence-corrected chi connectivity index (χ3v) is 4.18. The van der Waals surface area contributed by atoms with E-state index in [2.05, 4.69) is 31.3 Å². The molecule has 0 bridgehead atoms. The van der Waals surface area contributed by atoms with Crippen molar-refractivity contribution < 1.29 is 4.79 Å². The molecule has 0 saturated heterocycles. The van der Waals surface area contributed by atoms with Crippen molar-refractivity contribution in [3.05, 3.63) is 59.7 Å². The van der Waals surface area contributed by atoms with Gasteiger partial charge in [0.15, 0.2) is 0 Å². The number of anilines is 2. The minimum absolute atomic E-state index is 0.0414. The number of nitrogens with zero attached hydrogens (tertiary/aromatic N) is 1. The Kier molecular flexibility index (Phi) is 4.14. The molecule has 0 atom stereocenters. The summed E-state index contributed by atoms with van der Waals surface area (Å²) in [7, 11) is 0. The average molecular weight is 294 g/mol. The number of amides is 2. The molecule has 22 heavy (non-hydrogen) atoms. The van der Waals surface area contributed by atoms with Crippen molar-refractivity contribution in [2.75, 3.05) is 16.8 Å².